The monoisotopic (exact) mass is 256 g/mol. The summed E-state index contributed by atoms with van der Waals surface area (Å²) in [6.45, 7) is 2.82. The Kier molecular flexibility index (Phi) is 6.70. The highest BCUT2D eigenvalue weighted by Gasteiger charge is 2.12. The molecule has 17 heavy (non-hydrogen) atoms. The minimum absolute atomic E-state index is 0.302. The number of ether oxygens (including phenoxy) is 1. The third-order valence-corrected chi connectivity index (χ3v) is 3.46. The van der Waals surface area contributed by atoms with E-state index in [4.69, 9.17) is 9.84 Å². The Morgan fingerprint density at radius 3 is 2.71 bits per heavy atom. The van der Waals surface area contributed by atoms with Crippen LogP contribution in [0.1, 0.15) is 55.1 Å². The largest absolute Gasteiger partial charge is 0.492 e. The van der Waals surface area contributed by atoms with Gasteiger partial charge in [0.05, 0.1) is 6.61 Å². The molecule has 0 radical (unpaired) electrons. The van der Waals surface area contributed by atoms with E-state index in [0.29, 0.717) is 17.2 Å². The number of carboxylic acid groups (broad SMARTS) is 1. The highest BCUT2D eigenvalue weighted by molar-refractivity contribution is 7.12. The van der Waals surface area contributed by atoms with Crippen LogP contribution in [-0.4, -0.2) is 17.7 Å². The van der Waals surface area contributed by atoms with E-state index in [1.807, 2.05) is 0 Å². The predicted octanol–water partition coefficient (Wildman–Crippen LogP) is 4.19. The maximum Gasteiger partial charge on any atom is 0.349 e. The van der Waals surface area contributed by atoms with Crippen LogP contribution in [0.15, 0.2) is 11.4 Å². The van der Waals surface area contributed by atoms with E-state index in [2.05, 4.69) is 6.92 Å². The summed E-state index contributed by atoms with van der Waals surface area (Å²) >= 11 is 1.21. The number of thiophene rings is 1. The number of rotatable bonds is 9. The third kappa shape index (κ3) is 5.22. The molecule has 3 nitrogen and oxygen atoms in total. The molecule has 0 aromatic carbocycles. The van der Waals surface area contributed by atoms with Gasteiger partial charge in [0.2, 0.25) is 0 Å². The van der Waals surface area contributed by atoms with Crippen molar-refractivity contribution in [2.75, 3.05) is 6.61 Å². The van der Waals surface area contributed by atoms with Crippen LogP contribution in [0.5, 0.6) is 5.75 Å². The smallest absolute Gasteiger partial charge is 0.349 e. The van der Waals surface area contributed by atoms with Crippen molar-refractivity contribution in [1.29, 1.82) is 0 Å². The van der Waals surface area contributed by atoms with Gasteiger partial charge >= 0.3 is 5.97 Å². The van der Waals surface area contributed by atoms with Crippen LogP contribution in [0.4, 0.5) is 0 Å². The van der Waals surface area contributed by atoms with Crippen molar-refractivity contribution in [2.24, 2.45) is 0 Å². The molecule has 0 fully saturated rings. The lowest BCUT2D eigenvalue weighted by molar-refractivity contribution is 0.0698. The summed E-state index contributed by atoms with van der Waals surface area (Å²) in [6.07, 6.45) is 7.25. The molecule has 0 aliphatic carbocycles. The van der Waals surface area contributed by atoms with Crippen LogP contribution in [0.25, 0.3) is 0 Å². The van der Waals surface area contributed by atoms with Gasteiger partial charge < -0.3 is 9.84 Å². The summed E-state index contributed by atoms with van der Waals surface area (Å²) in [5.41, 5.74) is 0. The Morgan fingerprint density at radius 1 is 1.29 bits per heavy atom. The van der Waals surface area contributed by atoms with Crippen molar-refractivity contribution < 1.29 is 14.6 Å². The standard InChI is InChI=1S/C13H20O3S/c1-2-3-4-5-6-7-9-16-11-8-10-17-12(11)13(14)15/h8,10H,2-7,9H2,1H3,(H,14,15). The van der Waals surface area contributed by atoms with E-state index in [9.17, 15) is 4.79 Å². The number of carbonyl (C=O) groups is 1. The molecule has 1 aromatic heterocycles. The molecule has 1 N–H and O–H groups in total. The molecule has 1 aromatic rings. The van der Waals surface area contributed by atoms with Gasteiger partial charge in [0.25, 0.3) is 0 Å². The molecule has 0 bridgehead atoms. The van der Waals surface area contributed by atoms with Gasteiger partial charge in [0.15, 0.2) is 4.88 Å². The van der Waals surface area contributed by atoms with Crippen LogP contribution >= 0.6 is 11.3 Å². The highest BCUT2D eigenvalue weighted by atomic mass is 32.1. The fourth-order valence-electron chi connectivity index (χ4n) is 1.63. The van der Waals surface area contributed by atoms with Gasteiger partial charge in [0, 0.05) is 0 Å². The average molecular weight is 256 g/mol. The molecule has 0 amide bonds. The Bertz CT molecular complexity index is 333. The van der Waals surface area contributed by atoms with Gasteiger partial charge in [-0.05, 0) is 17.9 Å². The van der Waals surface area contributed by atoms with Crippen LogP contribution < -0.4 is 4.74 Å². The zero-order valence-corrected chi connectivity index (χ0v) is 11.1. The van der Waals surface area contributed by atoms with Gasteiger partial charge in [-0.3, -0.25) is 0 Å². The molecule has 0 spiro atoms. The zero-order valence-electron chi connectivity index (χ0n) is 10.3. The lowest BCUT2D eigenvalue weighted by Crippen LogP contribution is -2.01. The van der Waals surface area contributed by atoms with Crippen LogP contribution in [0, 0.1) is 0 Å². The van der Waals surface area contributed by atoms with E-state index in [1.165, 1.54) is 37.0 Å². The van der Waals surface area contributed by atoms with Crippen molar-refractivity contribution >= 4 is 17.3 Å². The fourth-order valence-corrected chi connectivity index (χ4v) is 2.30. The molecule has 1 rings (SSSR count). The molecular formula is C13H20O3S. The van der Waals surface area contributed by atoms with E-state index in [-0.39, 0.29) is 0 Å². The summed E-state index contributed by atoms with van der Waals surface area (Å²) in [7, 11) is 0. The number of hydrogen-bond donors (Lipinski definition) is 1. The van der Waals surface area contributed by atoms with E-state index in [1.54, 1.807) is 11.4 Å². The van der Waals surface area contributed by atoms with Gasteiger partial charge in [0.1, 0.15) is 5.75 Å². The fraction of sp³-hybridized carbons (Fsp3) is 0.615. The van der Waals surface area contributed by atoms with Gasteiger partial charge in [-0.2, -0.15) is 0 Å². The Morgan fingerprint density at radius 2 is 2.00 bits per heavy atom. The second kappa shape index (κ2) is 8.12. The van der Waals surface area contributed by atoms with Gasteiger partial charge in [-0.1, -0.05) is 39.0 Å². The first kappa shape index (κ1) is 14.0. The van der Waals surface area contributed by atoms with E-state index in [0.717, 1.165) is 12.8 Å². The highest BCUT2D eigenvalue weighted by Crippen LogP contribution is 2.24. The molecule has 0 saturated heterocycles. The zero-order chi connectivity index (χ0) is 12.5. The molecule has 96 valence electrons. The second-order valence-corrected chi connectivity index (χ2v) is 4.95. The summed E-state index contributed by atoms with van der Waals surface area (Å²) in [5, 5.41) is 10.6. The summed E-state index contributed by atoms with van der Waals surface area (Å²) in [5.74, 6) is -0.394. The molecular weight excluding hydrogens is 236 g/mol. The maximum atomic E-state index is 10.8. The van der Waals surface area contributed by atoms with E-state index < -0.39 is 5.97 Å². The van der Waals surface area contributed by atoms with Crippen LogP contribution in [0.3, 0.4) is 0 Å². The Labute approximate surface area is 106 Å². The molecule has 0 saturated carbocycles. The molecule has 0 aliphatic rings. The number of unbranched alkanes of at least 4 members (excludes halogenated alkanes) is 5. The molecule has 0 aliphatic heterocycles. The third-order valence-electron chi connectivity index (χ3n) is 2.58. The first-order chi connectivity index (χ1) is 8.25. The quantitative estimate of drug-likeness (QED) is 0.674. The first-order valence-corrected chi connectivity index (χ1v) is 7.07. The average Bonchev–Trinajstić information content (AvgIpc) is 2.76. The Balaban J connectivity index is 2.14. The normalized spacial score (nSPS) is 10.4. The summed E-state index contributed by atoms with van der Waals surface area (Å²) < 4.78 is 5.47. The van der Waals surface area contributed by atoms with Crippen molar-refractivity contribution in [1.82, 2.24) is 0 Å². The number of carboxylic acids is 1. The second-order valence-electron chi connectivity index (χ2n) is 4.04. The van der Waals surface area contributed by atoms with Crippen LogP contribution in [0.2, 0.25) is 0 Å². The van der Waals surface area contributed by atoms with Crippen molar-refractivity contribution in [3.8, 4) is 5.75 Å². The molecule has 4 heteroatoms. The predicted molar refractivity (Wildman–Crippen MR) is 70.1 cm³/mol. The van der Waals surface area contributed by atoms with E-state index >= 15 is 0 Å². The first-order valence-electron chi connectivity index (χ1n) is 6.19. The Hall–Kier alpha value is -1.03. The minimum Gasteiger partial charge on any atom is -0.492 e. The summed E-state index contributed by atoms with van der Waals surface area (Å²) in [6, 6.07) is 1.73. The minimum atomic E-state index is -0.905. The van der Waals surface area contributed by atoms with Crippen molar-refractivity contribution in [3.05, 3.63) is 16.3 Å². The SMILES string of the molecule is CCCCCCCCOc1ccsc1C(=O)O. The summed E-state index contributed by atoms with van der Waals surface area (Å²) in [4.78, 5) is 11.1. The lowest BCUT2D eigenvalue weighted by Gasteiger charge is -2.05. The number of hydrogen-bond acceptors (Lipinski definition) is 3. The van der Waals surface area contributed by atoms with Crippen molar-refractivity contribution in [2.45, 2.75) is 45.4 Å². The van der Waals surface area contributed by atoms with Gasteiger partial charge in [-0.25, -0.2) is 4.79 Å². The molecule has 0 unspecified atom stereocenters. The number of aromatic carboxylic acids is 1. The van der Waals surface area contributed by atoms with Crippen LogP contribution in [-0.2, 0) is 0 Å². The molecule has 0 atom stereocenters. The maximum absolute atomic E-state index is 10.8. The van der Waals surface area contributed by atoms with Gasteiger partial charge in [-0.15, -0.1) is 11.3 Å². The van der Waals surface area contributed by atoms with Crippen molar-refractivity contribution in [3.63, 3.8) is 0 Å². The topological polar surface area (TPSA) is 46.5 Å². The lowest BCUT2D eigenvalue weighted by atomic mass is 10.1. The molecule has 1 heterocycles.